The number of nitrogens with one attached hydrogen (secondary N) is 2. The third-order valence-corrected chi connectivity index (χ3v) is 4.69. The van der Waals surface area contributed by atoms with Crippen molar-refractivity contribution in [2.24, 2.45) is 5.92 Å². The van der Waals surface area contributed by atoms with Crippen molar-refractivity contribution in [3.63, 3.8) is 0 Å². The van der Waals surface area contributed by atoms with Crippen molar-refractivity contribution in [1.82, 2.24) is 0 Å². The van der Waals surface area contributed by atoms with Gasteiger partial charge in [-0.15, -0.1) is 0 Å². The molecule has 0 saturated heterocycles. The van der Waals surface area contributed by atoms with Crippen molar-refractivity contribution in [1.29, 1.82) is 0 Å². The summed E-state index contributed by atoms with van der Waals surface area (Å²) in [5.74, 6) is 0.0381. The number of hydrogen-bond donors (Lipinski definition) is 2. The Balaban J connectivity index is 1.51. The third kappa shape index (κ3) is 3.42. The molecule has 1 aliphatic carbocycles. The van der Waals surface area contributed by atoms with Gasteiger partial charge in [-0.05, 0) is 60.7 Å². The van der Waals surface area contributed by atoms with Crippen LogP contribution in [0, 0.1) is 12.8 Å². The Morgan fingerprint density at radius 2 is 1.80 bits per heavy atom. The third-order valence-electron chi connectivity index (χ3n) is 4.69. The van der Waals surface area contributed by atoms with Gasteiger partial charge in [0.25, 0.3) is 5.91 Å². The van der Waals surface area contributed by atoms with Crippen LogP contribution in [0.5, 0.6) is 0 Å². The zero-order valence-corrected chi connectivity index (χ0v) is 14.1. The maximum absolute atomic E-state index is 12.6. The lowest BCUT2D eigenvalue weighted by Gasteiger charge is -2.12. The van der Waals surface area contributed by atoms with Crippen molar-refractivity contribution in [3.05, 3.63) is 58.7 Å². The first-order valence-electron chi connectivity index (χ1n) is 8.52. The molecule has 1 aliphatic heterocycles. The Kier molecular flexibility index (Phi) is 4.01. The number of amides is 2. The van der Waals surface area contributed by atoms with Gasteiger partial charge in [0.2, 0.25) is 5.91 Å². The van der Waals surface area contributed by atoms with E-state index in [1.54, 1.807) is 0 Å². The molecule has 128 valence electrons. The number of anilines is 2. The second-order valence-corrected chi connectivity index (χ2v) is 6.72. The highest BCUT2D eigenvalue weighted by atomic mass is 16.5. The van der Waals surface area contributed by atoms with Crippen LogP contribution in [0.3, 0.4) is 0 Å². The van der Waals surface area contributed by atoms with Crippen LogP contribution in [0.4, 0.5) is 11.4 Å². The van der Waals surface area contributed by atoms with Gasteiger partial charge in [-0.25, -0.2) is 0 Å². The Morgan fingerprint density at radius 1 is 1.00 bits per heavy atom. The second-order valence-electron chi connectivity index (χ2n) is 6.72. The minimum Gasteiger partial charge on any atom is -0.372 e. The molecule has 1 saturated carbocycles. The highest BCUT2D eigenvalue weighted by molar-refractivity contribution is 6.05. The minimum atomic E-state index is -0.163. The molecule has 0 spiro atoms. The van der Waals surface area contributed by atoms with E-state index in [0.717, 1.165) is 29.5 Å². The van der Waals surface area contributed by atoms with Gasteiger partial charge >= 0.3 is 0 Å². The fourth-order valence-corrected chi connectivity index (χ4v) is 2.93. The number of hydrogen-bond acceptors (Lipinski definition) is 3. The first kappa shape index (κ1) is 15.8. The molecule has 1 fully saturated rings. The van der Waals surface area contributed by atoms with Gasteiger partial charge in [0.1, 0.15) is 0 Å². The molecule has 5 nitrogen and oxygen atoms in total. The van der Waals surface area contributed by atoms with Crippen LogP contribution < -0.4 is 10.6 Å². The van der Waals surface area contributed by atoms with Crippen LogP contribution in [0.1, 0.15) is 39.9 Å². The molecule has 4 rings (SSSR count). The SMILES string of the molecule is Cc1ccc(NC(=O)C2CC2)cc1NC(=O)c1ccc2c(c1)COC2. The Morgan fingerprint density at radius 3 is 2.60 bits per heavy atom. The van der Waals surface area contributed by atoms with Gasteiger partial charge in [0, 0.05) is 22.9 Å². The van der Waals surface area contributed by atoms with Crippen LogP contribution >= 0.6 is 0 Å². The molecule has 0 aromatic heterocycles. The molecule has 0 atom stereocenters. The van der Waals surface area contributed by atoms with E-state index in [1.165, 1.54) is 0 Å². The van der Waals surface area contributed by atoms with E-state index in [-0.39, 0.29) is 17.7 Å². The fraction of sp³-hybridized carbons (Fsp3) is 0.300. The number of aryl methyl sites for hydroxylation is 1. The average Bonchev–Trinajstić information content (AvgIpc) is 3.35. The molecule has 2 N–H and O–H groups in total. The van der Waals surface area contributed by atoms with Crippen molar-refractivity contribution in [2.75, 3.05) is 10.6 Å². The van der Waals surface area contributed by atoms with E-state index in [2.05, 4.69) is 10.6 Å². The summed E-state index contributed by atoms with van der Waals surface area (Å²) in [6.45, 7) is 3.09. The highest BCUT2D eigenvalue weighted by Crippen LogP contribution is 2.31. The molecular weight excluding hydrogens is 316 g/mol. The molecule has 2 amide bonds. The van der Waals surface area contributed by atoms with Crippen molar-refractivity contribution in [3.8, 4) is 0 Å². The number of ether oxygens (including phenoxy) is 1. The minimum absolute atomic E-state index is 0.0553. The van der Waals surface area contributed by atoms with Crippen molar-refractivity contribution in [2.45, 2.75) is 33.0 Å². The quantitative estimate of drug-likeness (QED) is 0.896. The largest absolute Gasteiger partial charge is 0.372 e. The summed E-state index contributed by atoms with van der Waals surface area (Å²) >= 11 is 0. The fourth-order valence-electron chi connectivity index (χ4n) is 2.93. The van der Waals surface area contributed by atoms with Crippen LogP contribution in [-0.4, -0.2) is 11.8 Å². The normalized spacial score (nSPS) is 15.6. The smallest absolute Gasteiger partial charge is 0.255 e. The summed E-state index contributed by atoms with van der Waals surface area (Å²) in [6, 6.07) is 11.2. The van der Waals surface area contributed by atoms with E-state index in [4.69, 9.17) is 4.74 Å². The van der Waals surface area contributed by atoms with E-state index in [9.17, 15) is 9.59 Å². The van der Waals surface area contributed by atoms with Crippen LogP contribution in [0.2, 0.25) is 0 Å². The van der Waals surface area contributed by atoms with Crippen molar-refractivity contribution < 1.29 is 14.3 Å². The molecule has 2 aromatic rings. The number of rotatable bonds is 4. The van der Waals surface area contributed by atoms with Crippen LogP contribution in [0.25, 0.3) is 0 Å². The Hall–Kier alpha value is -2.66. The summed E-state index contributed by atoms with van der Waals surface area (Å²) in [4.78, 5) is 24.5. The highest BCUT2D eigenvalue weighted by Gasteiger charge is 2.29. The topological polar surface area (TPSA) is 67.4 Å². The van der Waals surface area contributed by atoms with Gasteiger partial charge in [-0.1, -0.05) is 12.1 Å². The molecule has 2 aromatic carbocycles. The summed E-state index contributed by atoms with van der Waals surface area (Å²) in [5, 5.41) is 5.86. The average molecular weight is 336 g/mol. The van der Waals surface area contributed by atoms with Gasteiger partial charge in [0.15, 0.2) is 0 Å². The standard InChI is InChI=1S/C20H20N2O3/c1-12-2-7-17(21-19(23)13-3-4-13)9-18(12)22-20(24)14-5-6-15-10-25-11-16(15)8-14/h2,5-9,13H,3-4,10-11H2,1H3,(H,21,23)(H,22,24). The van der Waals surface area contributed by atoms with E-state index >= 15 is 0 Å². The molecule has 2 aliphatic rings. The Bertz CT molecular complexity index is 856. The lowest BCUT2D eigenvalue weighted by molar-refractivity contribution is -0.117. The molecule has 1 heterocycles. The molecule has 0 unspecified atom stereocenters. The summed E-state index contributed by atoms with van der Waals surface area (Å²) in [5.41, 5.74) is 5.17. The van der Waals surface area contributed by atoms with E-state index < -0.39 is 0 Å². The zero-order valence-electron chi connectivity index (χ0n) is 14.1. The maximum atomic E-state index is 12.6. The molecule has 25 heavy (non-hydrogen) atoms. The monoisotopic (exact) mass is 336 g/mol. The lowest BCUT2D eigenvalue weighted by atomic mass is 10.1. The number of carbonyl (C=O) groups excluding carboxylic acids is 2. The van der Waals surface area contributed by atoms with E-state index in [1.807, 2.05) is 43.3 Å². The molecule has 0 radical (unpaired) electrons. The summed E-state index contributed by atoms with van der Waals surface area (Å²) in [7, 11) is 0. The van der Waals surface area contributed by atoms with Gasteiger partial charge < -0.3 is 15.4 Å². The van der Waals surface area contributed by atoms with Crippen LogP contribution in [0.15, 0.2) is 36.4 Å². The predicted octanol–water partition coefficient (Wildman–Crippen LogP) is 3.63. The molecule has 5 heteroatoms. The lowest BCUT2D eigenvalue weighted by Crippen LogP contribution is -2.15. The molecular formula is C20H20N2O3. The summed E-state index contributed by atoms with van der Waals surface area (Å²) < 4.78 is 5.39. The van der Waals surface area contributed by atoms with Crippen LogP contribution in [-0.2, 0) is 22.7 Å². The van der Waals surface area contributed by atoms with Gasteiger partial charge in [0.05, 0.1) is 13.2 Å². The second kappa shape index (κ2) is 6.33. The van der Waals surface area contributed by atoms with E-state index in [0.29, 0.717) is 30.2 Å². The van der Waals surface area contributed by atoms with Gasteiger partial charge in [-0.2, -0.15) is 0 Å². The first-order valence-corrected chi connectivity index (χ1v) is 8.52. The predicted molar refractivity (Wildman–Crippen MR) is 95.4 cm³/mol. The first-order chi connectivity index (χ1) is 12.1. The van der Waals surface area contributed by atoms with Crippen molar-refractivity contribution >= 4 is 23.2 Å². The number of carbonyl (C=O) groups is 2. The Labute approximate surface area is 146 Å². The number of fused-ring (bicyclic) bond motifs is 1. The zero-order chi connectivity index (χ0) is 17.4. The molecule has 0 bridgehead atoms. The van der Waals surface area contributed by atoms with Gasteiger partial charge in [-0.3, -0.25) is 9.59 Å². The number of benzene rings is 2. The summed E-state index contributed by atoms with van der Waals surface area (Å²) in [6.07, 6.45) is 1.92. The maximum Gasteiger partial charge on any atom is 0.255 e.